The maximum absolute atomic E-state index is 11.0. The molecule has 3 nitrogen and oxygen atoms in total. The van der Waals surface area contributed by atoms with E-state index >= 15 is 0 Å². The lowest BCUT2D eigenvalue weighted by molar-refractivity contribution is -0.114. The van der Waals surface area contributed by atoms with E-state index < -0.39 is 0 Å². The summed E-state index contributed by atoms with van der Waals surface area (Å²) in [6, 6.07) is 9.70. The minimum Gasteiger partial charge on any atom is -0.367 e. The molecule has 0 atom stereocenters. The highest BCUT2D eigenvalue weighted by atomic mass is 16.1. The van der Waals surface area contributed by atoms with Gasteiger partial charge in [-0.1, -0.05) is 18.2 Å². The molecule has 0 bridgehead atoms. The molecule has 1 heterocycles. The third kappa shape index (κ3) is 2.07. The van der Waals surface area contributed by atoms with Gasteiger partial charge in [-0.25, -0.2) is 0 Å². The number of amides is 1. The number of benzene rings is 1. The summed E-state index contributed by atoms with van der Waals surface area (Å²) >= 11 is 0. The summed E-state index contributed by atoms with van der Waals surface area (Å²) in [5, 5.41) is 2.81. The summed E-state index contributed by atoms with van der Waals surface area (Å²) in [5.74, 6) is -0.0574. The number of para-hydroxylation sites is 1. The normalized spacial score (nSPS) is 9.93. The molecule has 1 amide bonds. The first kappa shape index (κ1) is 9.52. The van der Waals surface area contributed by atoms with Crippen LogP contribution in [0, 0.1) is 0 Å². The first-order chi connectivity index (χ1) is 7.27. The lowest BCUT2D eigenvalue weighted by Crippen LogP contribution is -2.06. The van der Waals surface area contributed by atoms with Crippen LogP contribution in [-0.4, -0.2) is 10.9 Å². The average Bonchev–Trinajstić information content (AvgIpc) is 2.70. The van der Waals surface area contributed by atoms with Crippen molar-refractivity contribution < 1.29 is 4.79 Å². The minimum absolute atomic E-state index is 0.0574. The van der Waals surface area contributed by atoms with E-state index in [0.717, 1.165) is 16.8 Å². The van der Waals surface area contributed by atoms with Crippen molar-refractivity contribution in [1.29, 1.82) is 0 Å². The topological polar surface area (TPSA) is 44.9 Å². The molecule has 0 unspecified atom stereocenters. The van der Waals surface area contributed by atoms with Crippen LogP contribution in [0.25, 0.3) is 11.1 Å². The van der Waals surface area contributed by atoms with E-state index in [-0.39, 0.29) is 5.91 Å². The zero-order valence-electron chi connectivity index (χ0n) is 8.45. The molecule has 0 radical (unpaired) electrons. The van der Waals surface area contributed by atoms with Gasteiger partial charge in [0, 0.05) is 36.1 Å². The molecule has 2 rings (SSSR count). The Bertz CT molecular complexity index is 460. The first-order valence-corrected chi connectivity index (χ1v) is 4.77. The fourth-order valence-electron chi connectivity index (χ4n) is 1.52. The smallest absolute Gasteiger partial charge is 0.221 e. The predicted octanol–water partition coefficient (Wildman–Crippen LogP) is 2.64. The van der Waals surface area contributed by atoms with Gasteiger partial charge in [0.15, 0.2) is 0 Å². The lowest BCUT2D eigenvalue weighted by Gasteiger charge is -2.07. The van der Waals surface area contributed by atoms with Crippen molar-refractivity contribution in [1.82, 2.24) is 4.98 Å². The number of rotatable bonds is 2. The molecule has 15 heavy (non-hydrogen) atoms. The van der Waals surface area contributed by atoms with E-state index in [2.05, 4.69) is 10.3 Å². The van der Waals surface area contributed by atoms with Crippen molar-refractivity contribution in [3.63, 3.8) is 0 Å². The standard InChI is InChI=1S/C12H12N2O/c1-9(15)14-12-5-3-2-4-11(12)10-6-7-13-8-10/h2-8,13H,1H3,(H,14,15). The summed E-state index contributed by atoms with van der Waals surface area (Å²) in [5.41, 5.74) is 2.93. The number of nitrogens with one attached hydrogen (secondary N) is 2. The number of hydrogen-bond donors (Lipinski definition) is 2. The van der Waals surface area contributed by atoms with Gasteiger partial charge in [-0.3, -0.25) is 4.79 Å². The van der Waals surface area contributed by atoms with Gasteiger partial charge in [0.25, 0.3) is 0 Å². The molecule has 2 N–H and O–H groups in total. The molecule has 0 aliphatic carbocycles. The van der Waals surface area contributed by atoms with Gasteiger partial charge in [-0.05, 0) is 12.1 Å². The van der Waals surface area contributed by atoms with Gasteiger partial charge in [-0.2, -0.15) is 0 Å². The maximum Gasteiger partial charge on any atom is 0.221 e. The van der Waals surface area contributed by atoms with Crippen LogP contribution >= 0.6 is 0 Å². The summed E-state index contributed by atoms with van der Waals surface area (Å²) in [6.45, 7) is 1.51. The number of aromatic nitrogens is 1. The molecule has 0 saturated heterocycles. The number of anilines is 1. The predicted molar refractivity (Wildman–Crippen MR) is 60.5 cm³/mol. The highest BCUT2D eigenvalue weighted by Crippen LogP contribution is 2.27. The highest BCUT2D eigenvalue weighted by Gasteiger charge is 2.05. The largest absolute Gasteiger partial charge is 0.367 e. The Kier molecular flexibility index (Phi) is 2.54. The molecule has 1 aromatic heterocycles. The summed E-state index contributed by atoms with van der Waals surface area (Å²) < 4.78 is 0. The van der Waals surface area contributed by atoms with Gasteiger partial charge < -0.3 is 10.3 Å². The minimum atomic E-state index is -0.0574. The SMILES string of the molecule is CC(=O)Nc1ccccc1-c1cc[nH]c1. The molecule has 0 saturated carbocycles. The maximum atomic E-state index is 11.0. The Labute approximate surface area is 88.1 Å². The number of aromatic amines is 1. The van der Waals surface area contributed by atoms with Crippen molar-refractivity contribution in [2.24, 2.45) is 0 Å². The quantitative estimate of drug-likeness (QED) is 0.769. The Hall–Kier alpha value is -2.03. The molecule has 0 aliphatic heterocycles. The van der Waals surface area contributed by atoms with Crippen LogP contribution in [0.2, 0.25) is 0 Å². The van der Waals surface area contributed by atoms with Crippen molar-refractivity contribution in [2.75, 3.05) is 5.32 Å². The van der Waals surface area contributed by atoms with Crippen LogP contribution in [0.1, 0.15) is 6.92 Å². The molecule has 0 aliphatic rings. The Morgan fingerprint density at radius 2 is 2.07 bits per heavy atom. The first-order valence-electron chi connectivity index (χ1n) is 4.77. The van der Waals surface area contributed by atoms with E-state index in [1.807, 2.05) is 42.7 Å². The molecule has 3 heteroatoms. The second-order valence-corrected chi connectivity index (χ2v) is 3.33. The number of hydrogen-bond acceptors (Lipinski definition) is 1. The summed E-state index contributed by atoms with van der Waals surface area (Å²) in [6.07, 6.45) is 3.76. The van der Waals surface area contributed by atoms with Crippen LogP contribution in [-0.2, 0) is 4.79 Å². The van der Waals surface area contributed by atoms with E-state index in [9.17, 15) is 4.79 Å². The fraction of sp³-hybridized carbons (Fsp3) is 0.0833. The highest BCUT2D eigenvalue weighted by molar-refractivity contribution is 5.93. The van der Waals surface area contributed by atoms with E-state index in [0.29, 0.717) is 0 Å². The Balaban J connectivity index is 2.42. The van der Waals surface area contributed by atoms with E-state index in [1.165, 1.54) is 6.92 Å². The van der Waals surface area contributed by atoms with E-state index in [4.69, 9.17) is 0 Å². The van der Waals surface area contributed by atoms with Crippen LogP contribution in [0.4, 0.5) is 5.69 Å². The number of carbonyl (C=O) groups excluding carboxylic acids is 1. The van der Waals surface area contributed by atoms with Gasteiger partial charge in [0.1, 0.15) is 0 Å². The molecular weight excluding hydrogens is 188 g/mol. The summed E-state index contributed by atoms with van der Waals surface area (Å²) in [7, 11) is 0. The molecule has 1 aromatic carbocycles. The monoisotopic (exact) mass is 200 g/mol. The van der Waals surface area contributed by atoms with Crippen molar-refractivity contribution in [3.8, 4) is 11.1 Å². The third-order valence-corrected chi connectivity index (χ3v) is 2.15. The number of carbonyl (C=O) groups is 1. The van der Waals surface area contributed by atoms with Gasteiger partial charge in [0.05, 0.1) is 0 Å². The average molecular weight is 200 g/mol. The number of H-pyrrole nitrogens is 1. The van der Waals surface area contributed by atoms with Crippen LogP contribution in [0.15, 0.2) is 42.7 Å². The second kappa shape index (κ2) is 4.00. The van der Waals surface area contributed by atoms with Crippen molar-refractivity contribution >= 4 is 11.6 Å². The van der Waals surface area contributed by atoms with Crippen LogP contribution in [0.5, 0.6) is 0 Å². The molecular formula is C12H12N2O. The Morgan fingerprint density at radius 3 is 2.73 bits per heavy atom. The van der Waals surface area contributed by atoms with Gasteiger partial charge >= 0.3 is 0 Å². The van der Waals surface area contributed by atoms with E-state index in [1.54, 1.807) is 0 Å². The van der Waals surface area contributed by atoms with Gasteiger partial charge in [0.2, 0.25) is 5.91 Å². The summed E-state index contributed by atoms with van der Waals surface area (Å²) in [4.78, 5) is 14.0. The fourth-order valence-corrected chi connectivity index (χ4v) is 1.52. The van der Waals surface area contributed by atoms with Crippen LogP contribution < -0.4 is 5.32 Å². The van der Waals surface area contributed by atoms with Gasteiger partial charge in [-0.15, -0.1) is 0 Å². The van der Waals surface area contributed by atoms with Crippen molar-refractivity contribution in [2.45, 2.75) is 6.92 Å². The lowest BCUT2D eigenvalue weighted by atomic mass is 10.1. The zero-order valence-corrected chi connectivity index (χ0v) is 8.45. The zero-order chi connectivity index (χ0) is 10.7. The van der Waals surface area contributed by atoms with Crippen molar-refractivity contribution in [3.05, 3.63) is 42.7 Å². The van der Waals surface area contributed by atoms with Crippen LogP contribution in [0.3, 0.4) is 0 Å². The molecule has 0 spiro atoms. The molecule has 76 valence electrons. The Morgan fingerprint density at radius 1 is 1.27 bits per heavy atom. The molecule has 2 aromatic rings. The molecule has 0 fully saturated rings. The second-order valence-electron chi connectivity index (χ2n) is 3.33. The third-order valence-electron chi connectivity index (χ3n) is 2.15.